The number of aromatic nitrogens is 3. The predicted molar refractivity (Wildman–Crippen MR) is 78.1 cm³/mol. The fourth-order valence-electron chi connectivity index (χ4n) is 1.68. The van der Waals surface area contributed by atoms with Gasteiger partial charge in [0.25, 0.3) is 10.0 Å². The maximum Gasteiger partial charge on any atom is 0.265 e. The van der Waals surface area contributed by atoms with Crippen LogP contribution in [0.4, 0.5) is 5.13 Å². The van der Waals surface area contributed by atoms with Crippen molar-refractivity contribution in [1.82, 2.24) is 20.1 Å². The van der Waals surface area contributed by atoms with Crippen molar-refractivity contribution in [2.24, 2.45) is 7.05 Å². The molecule has 0 aliphatic rings. The Hall–Kier alpha value is -1.45. The maximum atomic E-state index is 12.2. The van der Waals surface area contributed by atoms with E-state index >= 15 is 0 Å². The van der Waals surface area contributed by atoms with Crippen LogP contribution in [0, 0.1) is 0 Å². The van der Waals surface area contributed by atoms with Crippen LogP contribution in [0.25, 0.3) is 0 Å². The summed E-state index contributed by atoms with van der Waals surface area (Å²) < 4.78 is 28.6. The molecule has 2 aromatic rings. The molecule has 0 aliphatic carbocycles. The van der Waals surface area contributed by atoms with Gasteiger partial charge in [-0.1, -0.05) is 18.3 Å². The van der Waals surface area contributed by atoms with Gasteiger partial charge >= 0.3 is 0 Å². The third-order valence-electron chi connectivity index (χ3n) is 2.71. The molecule has 110 valence electrons. The van der Waals surface area contributed by atoms with Crippen molar-refractivity contribution in [2.45, 2.75) is 24.8 Å². The zero-order chi connectivity index (χ0) is 14.6. The first-order valence-electron chi connectivity index (χ1n) is 6.18. The van der Waals surface area contributed by atoms with Crippen molar-refractivity contribution < 1.29 is 8.42 Å². The Morgan fingerprint density at radius 1 is 1.45 bits per heavy atom. The second-order valence-electron chi connectivity index (χ2n) is 4.30. The van der Waals surface area contributed by atoms with Gasteiger partial charge in [0, 0.05) is 25.5 Å². The van der Waals surface area contributed by atoms with Crippen LogP contribution in [0.1, 0.15) is 19.0 Å². The van der Waals surface area contributed by atoms with Gasteiger partial charge in [-0.05, 0) is 19.0 Å². The quantitative estimate of drug-likeness (QED) is 0.749. The number of aryl methyl sites for hydroxylation is 1. The van der Waals surface area contributed by atoms with Crippen molar-refractivity contribution in [2.75, 3.05) is 11.3 Å². The Bertz CT molecular complexity index is 648. The number of nitrogens with zero attached hydrogens (tertiary/aromatic N) is 3. The molecule has 9 heteroatoms. The van der Waals surface area contributed by atoms with E-state index < -0.39 is 10.0 Å². The fourth-order valence-corrected chi connectivity index (χ4v) is 3.47. The average Bonchev–Trinajstić information content (AvgIpc) is 3.00. The third kappa shape index (κ3) is 3.56. The minimum atomic E-state index is -3.61. The molecule has 0 radical (unpaired) electrons. The van der Waals surface area contributed by atoms with Crippen LogP contribution in [0.5, 0.6) is 0 Å². The molecule has 0 saturated carbocycles. The van der Waals surface area contributed by atoms with Crippen LogP contribution in [0.3, 0.4) is 0 Å². The number of hydrogen-bond donors (Lipinski definition) is 2. The summed E-state index contributed by atoms with van der Waals surface area (Å²) in [6.45, 7) is 3.62. The summed E-state index contributed by atoms with van der Waals surface area (Å²) in [5.74, 6) is 0. The second kappa shape index (κ2) is 6.33. The molecule has 2 rings (SSSR count). The molecule has 0 amide bonds. The largest absolute Gasteiger partial charge is 0.352 e. The zero-order valence-electron chi connectivity index (χ0n) is 11.3. The van der Waals surface area contributed by atoms with E-state index in [1.807, 2.05) is 7.05 Å². The monoisotopic (exact) mass is 315 g/mol. The molecule has 0 spiro atoms. The van der Waals surface area contributed by atoms with Gasteiger partial charge in [-0.15, -0.1) is 10.2 Å². The smallest absolute Gasteiger partial charge is 0.265 e. The highest BCUT2D eigenvalue weighted by molar-refractivity contribution is 7.93. The summed E-state index contributed by atoms with van der Waals surface area (Å²) in [6, 6.07) is 1.66. The van der Waals surface area contributed by atoms with Gasteiger partial charge in [0.2, 0.25) is 5.13 Å². The van der Waals surface area contributed by atoms with Gasteiger partial charge in [0.05, 0.1) is 0 Å². The molecular weight excluding hydrogens is 298 g/mol. The second-order valence-corrected chi connectivity index (χ2v) is 6.82. The predicted octanol–water partition coefficient (Wildman–Crippen LogP) is 1.18. The molecule has 0 bridgehead atoms. The Morgan fingerprint density at radius 2 is 2.25 bits per heavy atom. The van der Waals surface area contributed by atoms with Crippen molar-refractivity contribution in [3.63, 3.8) is 0 Å². The first-order valence-corrected chi connectivity index (χ1v) is 8.54. The van der Waals surface area contributed by atoms with Gasteiger partial charge in [0.1, 0.15) is 10.4 Å². The normalized spacial score (nSPS) is 11.7. The van der Waals surface area contributed by atoms with Crippen LogP contribution >= 0.6 is 11.3 Å². The molecule has 0 fully saturated rings. The maximum absolute atomic E-state index is 12.2. The Labute approximate surface area is 122 Å². The number of hydrogen-bond acceptors (Lipinski definition) is 6. The topological polar surface area (TPSA) is 88.9 Å². The molecule has 0 saturated heterocycles. The van der Waals surface area contributed by atoms with Gasteiger partial charge in [0.15, 0.2) is 0 Å². The summed E-state index contributed by atoms with van der Waals surface area (Å²) in [5, 5.41) is 10.8. The van der Waals surface area contributed by atoms with Gasteiger partial charge < -0.3 is 9.88 Å². The van der Waals surface area contributed by atoms with Gasteiger partial charge in [-0.3, -0.25) is 4.72 Å². The van der Waals surface area contributed by atoms with E-state index in [4.69, 9.17) is 0 Å². The zero-order valence-corrected chi connectivity index (χ0v) is 13.0. The Kier molecular flexibility index (Phi) is 4.73. The van der Waals surface area contributed by atoms with Crippen molar-refractivity contribution in [3.8, 4) is 0 Å². The summed E-state index contributed by atoms with van der Waals surface area (Å²) in [6.07, 6.45) is 2.63. The molecule has 0 atom stereocenters. The summed E-state index contributed by atoms with van der Waals surface area (Å²) in [7, 11) is -1.78. The van der Waals surface area contributed by atoms with Gasteiger partial charge in [-0.2, -0.15) is 0 Å². The number of nitrogens with one attached hydrogen (secondary N) is 2. The minimum absolute atomic E-state index is 0.225. The Balaban J connectivity index is 2.14. The van der Waals surface area contributed by atoms with Crippen molar-refractivity contribution in [3.05, 3.63) is 23.5 Å². The summed E-state index contributed by atoms with van der Waals surface area (Å²) in [4.78, 5) is 0.225. The van der Waals surface area contributed by atoms with Crippen LogP contribution < -0.4 is 10.0 Å². The summed E-state index contributed by atoms with van der Waals surface area (Å²) >= 11 is 1.14. The van der Waals surface area contributed by atoms with Crippen LogP contribution in [0.15, 0.2) is 22.7 Å². The lowest BCUT2D eigenvalue weighted by Crippen LogP contribution is -2.15. The summed E-state index contributed by atoms with van der Waals surface area (Å²) in [5.41, 5.74) is 2.39. The molecule has 2 aromatic heterocycles. The lowest BCUT2D eigenvalue weighted by Gasteiger charge is -2.03. The standard InChI is InChI=1S/C11H17N5O2S2/c1-3-4-12-6-9-5-10(7-16(9)2)20(17,18)15-11-14-13-8-19-11/h5,7-8,12H,3-4,6H2,1-2H3,(H,14,15). The molecule has 0 aromatic carbocycles. The van der Waals surface area contributed by atoms with E-state index in [9.17, 15) is 8.42 Å². The molecule has 0 aliphatic heterocycles. The van der Waals surface area contributed by atoms with E-state index in [-0.39, 0.29) is 10.0 Å². The third-order valence-corrected chi connectivity index (χ3v) is 4.75. The SMILES string of the molecule is CCCNCc1cc(S(=O)(=O)Nc2nncs2)cn1C. The minimum Gasteiger partial charge on any atom is -0.352 e. The number of rotatable bonds is 7. The molecule has 20 heavy (non-hydrogen) atoms. The highest BCUT2D eigenvalue weighted by atomic mass is 32.2. The number of anilines is 1. The van der Waals surface area contributed by atoms with E-state index in [1.165, 1.54) is 5.51 Å². The molecule has 2 heterocycles. The molecule has 7 nitrogen and oxygen atoms in total. The first-order chi connectivity index (χ1) is 9.53. The fraction of sp³-hybridized carbons (Fsp3) is 0.455. The lowest BCUT2D eigenvalue weighted by molar-refractivity contribution is 0.601. The van der Waals surface area contributed by atoms with Crippen molar-refractivity contribution >= 4 is 26.5 Å². The van der Waals surface area contributed by atoms with E-state index in [2.05, 4.69) is 27.2 Å². The first kappa shape index (κ1) is 14.9. The molecule has 2 N–H and O–H groups in total. The highest BCUT2D eigenvalue weighted by Crippen LogP contribution is 2.18. The van der Waals surface area contributed by atoms with E-state index in [0.717, 1.165) is 30.0 Å². The van der Waals surface area contributed by atoms with Crippen LogP contribution in [0.2, 0.25) is 0 Å². The number of sulfonamides is 1. The highest BCUT2D eigenvalue weighted by Gasteiger charge is 2.18. The van der Waals surface area contributed by atoms with E-state index in [1.54, 1.807) is 16.8 Å². The van der Waals surface area contributed by atoms with Crippen LogP contribution in [-0.4, -0.2) is 29.7 Å². The van der Waals surface area contributed by atoms with Crippen LogP contribution in [-0.2, 0) is 23.6 Å². The molecule has 0 unspecified atom stereocenters. The lowest BCUT2D eigenvalue weighted by atomic mass is 10.4. The van der Waals surface area contributed by atoms with Crippen molar-refractivity contribution in [1.29, 1.82) is 0 Å². The van der Waals surface area contributed by atoms with E-state index in [0.29, 0.717) is 6.54 Å². The average molecular weight is 315 g/mol. The Morgan fingerprint density at radius 3 is 2.90 bits per heavy atom. The van der Waals surface area contributed by atoms with Gasteiger partial charge in [-0.25, -0.2) is 8.42 Å². The molecular formula is C11H17N5O2S2.